The van der Waals surface area contributed by atoms with Crippen LogP contribution in [0.4, 0.5) is 13.2 Å². The number of hydrogen-bond acceptors (Lipinski definition) is 8. The third-order valence-electron chi connectivity index (χ3n) is 5.42. The van der Waals surface area contributed by atoms with Crippen molar-refractivity contribution in [1.82, 2.24) is 15.2 Å². The number of rotatable bonds is 7. The van der Waals surface area contributed by atoms with Crippen LogP contribution in [-0.4, -0.2) is 71.5 Å². The van der Waals surface area contributed by atoms with Crippen molar-refractivity contribution < 1.29 is 32.6 Å². The number of benzene rings is 1. The van der Waals surface area contributed by atoms with Crippen molar-refractivity contribution in [1.29, 1.82) is 0 Å². The van der Waals surface area contributed by atoms with Gasteiger partial charge in [-0.15, -0.1) is 11.3 Å². The molecule has 0 spiro atoms. The van der Waals surface area contributed by atoms with Gasteiger partial charge in [0.2, 0.25) is 0 Å². The van der Waals surface area contributed by atoms with Crippen LogP contribution in [0.5, 0.6) is 0 Å². The van der Waals surface area contributed by atoms with Crippen molar-refractivity contribution >= 4 is 45.0 Å². The molecule has 194 valence electrons. The lowest BCUT2D eigenvalue weighted by Gasteiger charge is -2.28. The van der Waals surface area contributed by atoms with Crippen LogP contribution in [0.1, 0.15) is 24.3 Å². The Hall–Kier alpha value is -2.77. The first kappa shape index (κ1) is 27.8. The average molecular weight is 589 g/mol. The number of carboxylic acids is 1. The van der Waals surface area contributed by atoms with Crippen LogP contribution in [0.2, 0.25) is 0 Å². The number of halogens is 4. The van der Waals surface area contributed by atoms with Crippen LogP contribution in [-0.2, 0) is 14.3 Å². The predicted molar refractivity (Wildman–Crippen MR) is 132 cm³/mol. The Bertz CT molecular complexity index is 1130. The van der Waals surface area contributed by atoms with E-state index in [1.54, 1.807) is 23.7 Å². The van der Waals surface area contributed by atoms with Gasteiger partial charge in [0.15, 0.2) is 10.8 Å². The molecule has 1 saturated heterocycles. The van der Waals surface area contributed by atoms with Gasteiger partial charge < -0.3 is 15.2 Å². The summed E-state index contributed by atoms with van der Waals surface area (Å²) in [4.78, 5) is 33.0. The Morgan fingerprint density at radius 3 is 2.75 bits per heavy atom. The summed E-state index contributed by atoms with van der Waals surface area (Å²) in [5.41, 5.74) is 0.681. The molecular weight excluding hydrogens is 565 g/mol. The minimum absolute atomic E-state index is 0.0364. The smallest absolute Gasteiger partial charge is 0.337 e. The molecule has 1 atom stereocenters. The lowest BCUT2D eigenvalue weighted by atomic mass is 10.1. The number of ether oxygens (including phenoxy) is 1. The van der Waals surface area contributed by atoms with E-state index in [1.165, 1.54) is 35.5 Å². The monoisotopic (exact) mass is 588 g/mol. The topological polar surface area (TPSA) is 104 Å². The molecular formula is C23H24BrF3N4O4S. The van der Waals surface area contributed by atoms with E-state index < -0.39 is 36.9 Å². The van der Waals surface area contributed by atoms with Gasteiger partial charge in [-0.25, -0.2) is 22.9 Å². The average Bonchev–Trinajstić information content (AvgIpc) is 3.45. The van der Waals surface area contributed by atoms with Gasteiger partial charge in [0.1, 0.15) is 5.82 Å². The molecule has 2 aromatic rings. The highest BCUT2D eigenvalue weighted by molar-refractivity contribution is 9.10. The summed E-state index contributed by atoms with van der Waals surface area (Å²) in [6.45, 7) is -0.413. The van der Waals surface area contributed by atoms with Gasteiger partial charge in [0.05, 0.1) is 25.8 Å². The van der Waals surface area contributed by atoms with Gasteiger partial charge in [-0.1, -0.05) is 22.0 Å². The van der Waals surface area contributed by atoms with Gasteiger partial charge in [0, 0.05) is 47.2 Å². The van der Waals surface area contributed by atoms with Crippen LogP contribution in [0.3, 0.4) is 0 Å². The molecule has 0 aliphatic carbocycles. The fourth-order valence-electron chi connectivity index (χ4n) is 3.81. The number of aromatic nitrogens is 1. The molecule has 2 N–H and O–H groups in total. The first-order valence-corrected chi connectivity index (χ1v) is 12.5. The van der Waals surface area contributed by atoms with E-state index in [9.17, 15) is 22.8 Å². The second kappa shape index (κ2) is 12.5. The molecule has 2 aliphatic rings. The van der Waals surface area contributed by atoms with Crippen molar-refractivity contribution in [3.8, 4) is 0 Å². The Morgan fingerprint density at radius 1 is 1.39 bits per heavy atom. The number of carboxylic acid groups (broad SMARTS) is 1. The predicted octanol–water partition coefficient (Wildman–Crippen LogP) is 4.08. The maximum absolute atomic E-state index is 14.0. The molecule has 1 fully saturated rings. The minimum atomic E-state index is -2.91. The number of methoxy groups -OCH3 is 1. The number of nitrogens with one attached hydrogen (secondary N) is 1. The summed E-state index contributed by atoms with van der Waals surface area (Å²) in [5.74, 6) is -4.27. The Morgan fingerprint density at radius 2 is 2.17 bits per heavy atom. The largest absolute Gasteiger partial charge is 0.481 e. The molecule has 0 bridgehead atoms. The van der Waals surface area contributed by atoms with E-state index in [0.717, 1.165) is 4.47 Å². The zero-order chi connectivity index (χ0) is 26.3. The Kier molecular flexibility index (Phi) is 9.63. The highest BCUT2D eigenvalue weighted by Gasteiger charge is 2.45. The first-order chi connectivity index (χ1) is 17.1. The number of aliphatic imine (C=N–C) groups is 1. The van der Waals surface area contributed by atoms with E-state index in [-0.39, 0.29) is 37.3 Å². The number of nitrogens with zero attached hydrogens (tertiary/aromatic N) is 3. The summed E-state index contributed by atoms with van der Waals surface area (Å²) in [6, 6.07) is 5.66. The fourth-order valence-corrected chi connectivity index (χ4v) is 4.78. The number of carbonyl (C=O) groups excluding carboxylic acids is 1. The highest BCUT2D eigenvalue weighted by Crippen LogP contribution is 2.34. The lowest BCUT2D eigenvalue weighted by molar-refractivity contribution is -0.137. The molecule has 4 rings (SSSR count). The van der Waals surface area contributed by atoms with Crippen molar-refractivity contribution in [2.75, 3.05) is 26.7 Å². The first-order valence-electron chi connectivity index (χ1n) is 10.8. The van der Waals surface area contributed by atoms with Gasteiger partial charge in [0.25, 0.3) is 5.92 Å². The van der Waals surface area contributed by atoms with E-state index in [2.05, 4.69) is 31.2 Å². The summed E-state index contributed by atoms with van der Waals surface area (Å²) in [6.07, 6.45) is 1.12. The van der Waals surface area contributed by atoms with E-state index in [0.29, 0.717) is 16.5 Å². The molecule has 1 aromatic heterocycles. The molecule has 13 heteroatoms. The highest BCUT2D eigenvalue weighted by atomic mass is 79.9. The molecule has 0 radical (unpaired) electrons. The second-order valence-corrected chi connectivity index (χ2v) is 9.88. The normalized spacial score (nSPS) is 19.1. The third-order valence-corrected chi connectivity index (χ3v) is 6.69. The number of amidine groups is 1. The molecule has 0 amide bonds. The maximum Gasteiger partial charge on any atom is 0.337 e. The van der Waals surface area contributed by atoms with Gasteiger partial charge in [-0.05, 0) is 24.6 Å². The molecule has 1 unspecified atom stereocenters. The SMILES string of the molecule is COC(=O)C1=C(CN2CC(F)(F)CC2CCC(=O)O)NC(c2nccs2)=NC1.Fc1cccc(Br)c1. The zero-order valence-electron chi connectivity index (χ0n) is 19.2. The van der Waals surface area contributed by atoms with Gasteiger partial charge in [-0.2, -0.15) is 0 Å². The van der Waals surface area contributed by atoms with Gasteiger partial charge >= 0.3 is 11.9 Å². The summed E-state index contributed by atoms with van der Waals surface area (Å²) in [5, 5.41) is 14.3. The minimum Gasteiger partial charge on any atom is -0.481 e. The third kappa shape index (κ3) is 7.87. The van der Waals surface area contributed by atoms with Crippen molar-refractivity contribution in [2.24, 2.45) is 4.99 Å². The molecule has 2 aliphatic heterocycles. The standard InChI is InChI=1S/C17H20F2N4O4S.C6H4BrF/c1-27-16(26)11-7-21-14(15-20-4-5-28-15)22-12(11)8-23-9-17(18,19)6-10(23)2-3-13(24)25;7-5-2-1-3-6(8)4-5/h4-5,10H,2-3,6-9H2,1H3,(H,21,22)(H,24,25);1-4H. The molecule has 1 aromatic carbocycles. The van der Waals surface area contributed by atoms with Crippen molar-refractivity contribution in [3.63, 3.8) is 0 Å². The summed E-state index contributed by atoms with van der Waals surface area (Å²) >= 11 is 4.48. The Balaban J connectivity index is 0.000000383. The molecule has 3 heterocycles. The van der Waals surface area contributed by atoms with Crippen LogP contribution in [0.25, 0.3) is 0 Å². The van der Waals surface area contributed by atoms with Crippen LogP contribution in [0.15, 0.2) is 56.6 Å². The number of aliphatic carboxylic acids is 1. The molecule has 36 heavy (non-hydrogen) atoms. The van der Waals surface area contributed by atoms with Crippen molar-refractivity contribution in [2.45, 2.75) is 31.2 Å². The lowest BCUT2D eigenvalue weighted by Crippen LogP contribution is -2.41. The van der Waals surface area contributed by atoms with Gasteiger partial charge in [-0.3, -0.25) is 14.7 Å². The molecule has 8 nitrogen and oxygen atoms in total. The van der Waals surface area contributed by atoms with Crippen LogP contribution < -0.4 is 5.32 Å². The van der Waals surface area contributed by atoms with Crippen molar-refractivity contribution in [3.05, 3.63) is 62.4 Å². The second-order valence-electron chi connectivity index (χ2n) is 8.07. The summed E-state index contributed by atoms with van der Waals surface area (Å²) in [7, 11) is 1.24. The van der Waals surface area contributed by atoms with E-state index in [4.69, 9.17) is 9.84 Å². The number of thiazole rings is 1. The molecule has 0 saturated carbocycles. The van der Waals surface area contributed by atoms with Crippen LogP contribution >= 0.6 is 27.3 Å². The maximum atomic E-state index is 14.0. The zero-order valence-corrected chi connectivity index (χ0v) is 21.6. The van der Waals surface area contributed by atoms with E-state index in [1.807, 2.05) is 0 Å². The number of esters is 1. The quantitative estimate of drug-likeness (QED) is 0.470. The number of alkyl halides is 2. The summed E-state index contributed by atoms with van der Waals surface area (Å²) < 4.78 is 45.7. The number of carbonyl (C=O) groups is 2. The Labute approximate surface area is 218 Å². The fraction of sp³-hybridized carbons (Fsp3) is 0.391. The number of likely N-dealkylation sites (tertiary alicyclic amines) is 1. The van der Waals surface area contributed by atoms with E-state index >= 15 is 0 Å². The number of hydrogen-bond donors (Lipinski definition) is 2. The van der Waals surface area contributed by atoms with Crippen LogP contribution in [0, 0.1) is 5.82 Å².